The van der Waals surface area contributed by atoms with Gasteiger partial charge in [-0.05, 0) is 36.9 Å². The lowest BCUT2D eigenvalue weighted by Gasteiger charge is -2.03. The van der Waals surface area contributed by atoms with Crippen LogP contribution in [-0.2, 0) is 4.74 Å². The van der Waals surface area contributed by atoms with Gasteiger partial charge in [0.05, 0.1) is 10.8 Å². The summed E-state index contributed by atoms with van der Waals surface area (Å²) in [7, 11) is 0. The third-order valence-corrected chi connectivity index (χ3v) is 5.24. The Morgan fingerprint density at radius 1 is 1.37 bits per heavy atom. The molecule has 0 N–H and O–H groups in total. The van der Waals surface area contributed by atoms with E-state index in [1.807, 2.05) is 43.5 Å². The van der Waals surface area contributed by atoms with Crippen LogP contribution in [-0.4, -0.2) is 18.8 Å². The molecule has 1 aromatic carbocycles. The summed E-state index contributed by atoms with van der Waals surface area (Å²) >= 11 is 6.54. The first kappa shape index (κ1) is 14.6. The highest BCUT2D eigenvalue weighted by atomic mass is 79.9. The maximum absolute atomic E-state index is 12.0. The van der Waals surface area contributed by atoms with Crippen molar-refractivity contribution in [2.24, 2.45) is 0 Å². The zero-order chi connectivity index (χ0) is 13.8. The summed E-state index contributed by atoms with van der Waals surface area (Å²) in [6, 6.07) is 9.99. The highest BCUT2D eigenvalue weighted by Gasteiger charge is 2.18. The van der Waals surface area contributed by atoms with Gasteiger partial charge in [0.2, 0.25) is 0 Å². The Morgan fingerprint density at radius 3 is 2.63 bits per heavy atom. The van der Waals surface area contributed by atoms with E-state index in [4.69, 9.17) is 4.74 Å². The van der Waals surface area contributed by atoms with Gasteiger partial charge in [-0.3, -0.25) is 0 Å². The first-order chi connectivity index (χ1) is 9.15. The molecule has 0 aliphatic carbocycles. The molecule has 0 radical (unpaired) electrons. The molecule has 0 fully saturated rings. The van der Waals surface area contributed by atoms with Gasteiger partial charge >= 0.3 is 5.97 Å². The van der Waals surface area contributed by atoms with Crippen molar-refractivity contribution in [1.29, 1.82) is 0 Å². The minimum atomic E-state index is -0.245. The van der Waals surface area contributed by atoms with Crippen LogP contribution in [0, 0.1) is 0 Å². The molecule has 0 saturated heterocycles. The maximum Gasteiger partial charge on any atom is 0.348 e. The van der Waals surface area contributed by atoms with E-state index < -0.39 is 0 Å². The van der Waals surface area contributed by atoms with Gasteiger partial charge in [0.15, 0.2) is 0 Å². The Hall–Kier alpha value is -0.780. The molecular weight excluding hydrogens is 344 g/mol. The maximum atomic E-state index is 12.0. The van der Waals surface area contributed by atoms with E-state index >= 15 is 0 Å². The number of thiophene rings is 1. The van der Waals surface area contributed by atoms with Crippen molar-refractivity contribution in [3.63, 3.8) is 0 Å². The van der Waals surface area contributed by atoms with Crippen LogP contribution in [0.2, 0.25) is 0 Å². The quantitative estimate of drug-likeness (QED) is 0.564. The Balaban J connectivity index is 2.46. The summed E-state index contributed by atoms with van der Waals surface area (Å²) < 4.78 is 7.26. The average molecular weight is 357 g/mol. The monoisotopic (exact) mass is 356 g/mol. The van der Waals surface area contributed by atoms with Crippen molar-refractivity contribution < 1.29 is 9.53 Å². The van der Waals surface area contributed by atoms with Crippen molar-refractivity contribution in [2.75, 3.05) is 12.9 Å². The normalized spacial score (nSPS) is 10.5. The van der Waals surface area contributed by atoms with Crippen molar-refractivity contribution in [3.8, 4) is 11.1 Å². The predicted octanol–water partition coefficient (Wildman–Crippen LogP) is 5.08. The number of benzene rings is 1. The molecule has 0 aliphatic rings. The molecule has 0 unspecified atom stereocenters. The number of rotatable bonds is 4. The molecule has 0 saturated carbocycles. The third-order valence-electron chi connectivity index (χ3n) is 2.53. The van der Waals surface area contributed by atoms with Crippen LogP contribution >= 0.6 is 39.0 Å². The van der Waals surface area contributed by atoms with Gasteiger partial charge in [0.25, 0.3) is 0 Å². The van der Waals surface area contributed by atoms with E-state index in [0.29, 0.717) is 11.5 Å². The number of hydrogen-bond acceptors (Lipinski definition) is 4. The number of carbonyl (C=O) groups excluding carboxylic acids is 1. The van der Waals surface area contributed by atoms with E-state index in [9.17, 15) is 4.79 Å². The Morgan fingerprint density at radius 2 is 2.05 bits per heavy atom. The predicted molar refractivity (Wildman–Crippen MR) is 85.2 cm³/mol. The molecular formula is C14H13BrO2S2. The third kappa shape index (κ3) is 3.41. The first-order valence-electron chi connectivity index (χ1n) is 5.76. The van der Waals surface area contributed by atoms with E-state index in [1.165, 1.54) is 11.3 Å². The second kappa shape index (κ2) is 6.59. The van der Waals surface area contributed by atoms with Crippen LogP contribution in [0.3, 0.4) is 0 Å². The lowest BCUT2D eigenvalue weighted by molar-refractivity contribution is 0.0533. The van der Waals surface area contributed by atoms with Crippen LogP contribution in [0.1, 0.15) is 16.6 Å². The molecule has 19 heavy (non-hydrogen) atoms. The summed E-state index contributed by atoms with van der Waals surface area (Å²) in [5, 5.41) is 0. The molecule has 0 atom stereocenters. The smallest absolute Gasteiger partial charge is 0.348 e. The fourth-order valence-electron chi connectivity index (χ4n) is 1.66. The second-order valence-electron chi connectivity index (χ2n) is 3.74. The van der Waals surface area contributed by atoms with Crippen LogP contribution in [0.4, 0.5) is 0 Å². The minimum absolute atomic E-state index is 0.245. The molecule has 2 rings (SSSR count). The number of esters is 1. The van der Waals surface area contributed by atoms with Crippen LogP contribution in [0.15, 0.2) is 39.0 Å². The van der Waals surface area contributed by atoms with Gasteiger partial charge in [-0.1, -0.05) is 28.1 Å². The van der Waals surface area contributed by atoms with E-state index in [-0.39, 0.29) is 5.97 Å². The van der Waals surface area contributed by atoms with Crippen LogP contribution < -0.4 is 0 Å². The second-order valence-corrected chi connectivity index (χ2v) is 6.81. The molecule has 0 spiro atoms. The lowest BCUT2D eigenvalue weighted by Crippen LogP contribution is -2.03. The van der Waals surface area contributed by atoms with Crippen LogP contribution in [0.5, 0.6) is 0 Å². The number of carbonyl (C=O) groups is 1. The fourth-order valence-corrected chi connectivity index (χ4v) is 3.55. The molecule has 1 heterocycles. The lowest BCUT2D eigenvalue weighted by atomic mass is 10.1. The van der Waals surface area contributed by atoms with E-state index in [0.717, 1.165) is 19.8 Å². The van der Waals surface area contributed by atoms with Gasteiger partial charge in [-0.2, -0.15) is 0 Å². The summed E-state index contributed by atoms with van der Waals surface area (Å²) in [5.74, 6) is -0.245. The van der Waals surface area contributed by atoms with Crippen LogP contribution in [0.25, 0.3) is 11.1 Å². The van der Waals surface area contributed by atoms with E-state index in [2.05, 4.69) is 15.9 Å². The Bertz CT molecular complexity index is 576. The van der Waals surface area contributed by atoms with Gasteiger partial charge < -0.3 is 4.74 Å². The summed E-state index contributed by atoms with van der Waals surface area (Å²) in [6.07, 6.45) is 2.01. The number of ether oxygens (including phenoxy) is 1. The average Bonchev–Trinajstić information content (AvgIpc) is 2.84. The molecule has 0 aliphatic heterocycles. The van der Waals surface area contributed by atoms with Crippen molar-refractivity contribution in [3.05, 3.63) is 39.7 Å². The standard InChI is InChI=1S/C14H13BrO2S2/c1-3-17-14(16)13-11(8-12(18-2)19-13)9-4-6-10(15)7-5-9/h4-8H,3H2,1-2H3. The van der Waals surface area contributed by atoms with Gasteiger partial charge in [0.1, 0.15) is 4.88 Å². The summed E-state index contributed by atoms with van der Waals surface area (Å²) in [6.45, 7) is 2.21. The van der Waals surface area contributed by atoms with Crippen molar-refractivity contribution in [1.82, 2.24) is 0 Å². The largest absolute Gasteiger partial charge is 0.462 e. The molecule has 2 nitrogen and oxygen atoms in total. The topological polar surface area (TPSA) is 26.3 Å². The number of halogens is 1. The minimum Gasteiger partial charge on any atom is -0.462 e. The number of hydrogen-bond donors (Lipinski definition) is 0. The van der Waals surface area contributed by atoms with Crippen molar-refractivity contribution >= 4 is 45.0 Å². The van der Waals surface area contributed by atoms with Crippen molar-refractivity contribution in [2.45, 2.75) is 11.1 Å². The van der Waals surface area contributed by atoms with Gasteiger partial charge in [-0.25, -0.2) is 4.79 Å². The van der Waals surface area contributed by atoms with Gasteiger partial charge in [0, 0.05) is 10.0 Å². The summed E-state index contributed by atoms with van der Waals surface area (Å²) in [4.78, 5) is 12.7. The zero-order valence-corrected chi connectivity index (χ0v) is 13.8. The number of thioether (sulfide) groups is 1. The zero-order valence-electron chi connectivity index (χ0n) is 10.6. The Kier molecular flexibility index (Phi) is 5.07. The first-order valence-corrected chi connectivity index (χ1v) is 8.60. The van der Waals surface area contributed by atoms with Gasteiger partial charge in [-0.15, -0.1) is 23.1 Å². The molecule has 1 aromatic heterocycles. The highest BCUT2D eigenvalue weighted by Crippen LogP contribution is 2.36. The Labute approximate surface area is 129 Å². The molecule has 0 bridgehead atoms. The molecule has 2 aromatic rings. The highest BCUT2D eigenvalue weighted by molar-refractivity contribution is 9.10. The fraction of sp³-hybridized carbons (Fsp3) is 0.214. The molecule has 5 heteroatoms. The SMILES string of the molecule is CCOC(=O)c1sc(SC)cc1-c1ccc(Br)cc1. The molecule has 100 valence electrons. The molecule has 0 amide bonds. The van der Waals surface area contributed by atoms with E-state index in [1.54, 1.807) is 11.8 Å². The summed E-state index contributed by atoms with van der Waals surface area (Å²) in [5.41, 5.74) is 1.98.